The number of hydrazine groups is 1. The number of amides is 3. The highest BCUT2D eigenvalue weighted by atomic mass is 16.6. The van der Waals surface area contributed by atoms with Crippen LogP contribution in [0.3, 0.4) is 0 Å². The molecule has 0 aliphatic carbocycles. The molecule has 11 heteroatoms. The quantitative estimate of drug-likeness (QED) is 0.232. The van der Waals surface area contributed by atoms with Crippen molar-refractivity contribution in [3.05, 3.63) is 35.5 Å². The lowest BCUT2D eigenvalue weighted by molar-refractivity contribution is -0.117. The fourth-order valence-electron chi connectivity index (χ4n) is 4.13. The highest BCUT2D eigenvalue weighted by molar-refractivity contribution is 5.94. The van der Waals surface area contributed by atoms with E-state index in [0.29, 0.717) is 37.2 Å². The SMILES string of the molecule is CC(=O)N1c2ccc(/C(N)=C/N(N)CCCNC(=O)OC(C)(C)C)cc2[C@H](NC(=O)OC(C)C)C[C@@H]1C. The lowest BCUT2D eigenvalue weighted by Gasteiger charge is -2.39. The van der Waals surface area contributed by atoms with Crippen LogP contribution in [0.15, 0.2) is 24.4 Å². The number of hydrogen-bond donors (Lipinski definition) is 4. The zero-order chi connectivity index (χ0) is 27.9. The van der Waals surface area contributed by atoms with Crippen LogP contribution in [-0.2, 0) is 14.3 Å². The Morgan fingerprint density at radius 2 is 1.92 bits per heavy atom. The van der Waals surface area contributed by atoms with Crippen LogP contribution in [0.2, 0.25) is 0 Å². The van der Waals surface area contributed by atoms with E-state index in [0.717, 1.165) is 11.3 Å². The average molecular weight is 519 g/mol. The third kappa shape index (κ3) is 9.16. The topological polar surface area (TPSA) is 152 Å². The van der Waals surface area contributed by atoms with Crippen molar-refractivity contribution in [2.45, 2.75) is 85.1 Å². The highest BCUT2D eigenvalue weighted by Crippen LogP contribution is 2.38. The molecule has 1 aromatic rings. The lowest BCUT2D eigenvalue weighted by atomic mass is 9.90. The Morgan fingerprint density at radius 1 is 1.24 bits per heavy atom. The Kier molecular flexibility index (Phi) is 10.2. The molecule has 1 aliphatic rings. The van der Waals surface area contributed by atoms with Crippen molar-refractivity contribution in [2.24, 2.45) is 11.6 Å². The number of rotatable bonds is 8. The van der Waals surface area contributed by atoms with Crippen molar-refractivity contribution >= 4 is 29.5 Å². The summed E-state index contributed by atoms with van der Waals surface area (Å²) in [5.41, 5.74) is 8.39. The van der Waals surface area contributed by atoms with Gasteiger partial charge in [-0.3, -0.25) is 4.79 Å². The first kappa shape index (κ1) is 29.8. The van der Waals surface area contributed by atoms with Crippen LogP contribution in [0, 0.1) is 0 Å². The van der Waals surface area contributed by atoms with E-state index >= 15 is 0 Å². The van der Waals surface area contributed by atoms with Crippen molar-refractivity contribution < 1.29 is 23.9 Å². The summed E-state index contributed by atoms with van der Waals surface area (Å²) in [4.78, 5) is 38.2. The van der Waals surface area contributed by atoms with E-state index in [1.165, 1.54) is 11.9 Å². The van der Waals surface area contributed by atoms with Gasteiger partial charge in [0, 0.05) is 37.9 Å². The molecule has 2 rings (SSSR count). The minimum atomic E-state index is -0.557. The second-order valence-electron chi connectivity index (χ2n) is 10.5. The van der Waals surface area contributed by atoms with Crippen LogP contribution in [0.1, 0.15) is 78.5 Å². The molecule has 0 saturated heterocycles. The smallest absolute Gasteiger partial charge is 0.407 e. The summed E-state index contributed by atoms with van der Waals surface area (Å²) >= 11 is 0. The number of carbonyl (C=O) groups is 3. The number of carbonyl (C=O) groups excluding carboxylic acids is 3. The van der Waals surface area contributed by atoms with Crippen molar-refractivity contribution in [3.8, 4) is 0 Å². The van der Waals surface area contributed by atoms with E-state index in [-0.39, 0.29) is 24.1 Å². The molecule has 0 radical (unpaired) electrons. The van der Waals surface area contributed by atoms with E-state index < -0.39 is 17.8 Å². The predicted molar refractivity (Wildman–Crippen MR) is 143 cm³/mol. The molecule has 11 nitrogen and oxygen atoms in total. The van der Waals surface area contributed by atoms with Crippen LogP contribution in [-0.4, -0.2) is 53.9 Å². The Balaban J connectivity index is 2.14. The van der Waals surface area contributed by atoms with Gasteiger partial charge in [0.25, 0.3) is 0 Å². The van der Waals surface area contributed by atoms with Crippen LogP contribution in [0.5, 0.6) is 0 Å². The molecule has 1 heterocycles. The molecule has 206 valence electrons. The standard InChI is InChI=1S/C26H42N6O5/c1-16(2)36-25(35)30-22-13-17(3)32(18(4)33)23-10-9-19(14-20(22)23)21(27)15-31(28)12-8-11-29-24(34)37-26(5,6)7/h9-10,14-17,22H,8,11-13,27-28H2,1-7H3,(H,29,34)(H,30,35)/b21-15-/t17-,22+/m0/s1. The molecule has 0 unspecified atom stereocenters. The van der Waals surface area contributed by atoms with Gasteiger partial charge in [-0.25, -0.2) is 15.4 Å². The van der Waals surface area contributed by atoms with Gasteiger partial charge in [0.2, 0.25) is 5.91 Å². The summed E-state index contributed by atoms with van der Waals surface area (Å²) in [5.74, 6) is 6.01. The van der Waals surface area contributed by atoms with Gasteiger partial charge >= 0.3 is 12.2 Å². The number of ether oxygens (including phenoxy) is 2. The van der Waals surface area contributed by atoms with Gasteiger partial charge in [0.1, 0.15) is 5.60 Å². The van der Waals surface area contributed by atoms with Gasteiger partial charge in [0.05, 0.1) is 17.8 Å². The molecule has 37 heavy (non-hydrogen) atoms. The Labute approximate surface area is 219 Å². The molecule has 1 aromatic carbocycles. The molecule has 3 amide bonds. The van der Waals surface area contributed by atoms with Crippen LogP contribution in [0.4, 0.5) is 15.3 Å². The van der Waals surface area contributed by atoms with Crippen molar-refractivity contribution in [1.29, 1.82) is 0 Å². The molecule has 6 N–H and O–H groups in total. The second kappa shape index (κ2) is 12.7. The number of fused-ring (bicyclic) bond motifs is 1. The summed E-state index contributed by atoms with van der Waals surface area (Å²) in [7, 11) is 0. The second-order valence-corrected chi connectivity index (χ2v) is 10.5. The minimum absolute atomic E-state index is 0.0821. The Hall–Kier alpha value is -3.47. The molecule has 2 atom stereocenters. The maximum Gasteiger partial charge on any atom is 0.407 e. The summed E-state index contributed by atoms with van der Waals surface area (Å²) in [6.07, 6.45) is 1.47. The van der Waals surface area contributed by atoms with Gasteiger partial charge in [-0.2, -0.15) is 0 Å². The van der Waals surface area contributed by atoms with Gasteiger partial charge < -0.3 is 35.7 Å². The largest absolute Gasteiger partial charge is 0.447 e. The summed E-state index contributed by atoms with van der Waals surface area (Å²) in [5, 5.41) is 7.06. The lowest BCUT2D eigenvalue weighted by Crippen LogP contribution is -2.45. The first-order chi connectivity index (χ1) is 17.2. The number of benzene rings is 1. The monoisotopic (exact) mass is 518 g/mol. The molecule has 0 spiro atoms. The minimum Gasteiger partial charge on any atom is -0.447 e. The molecule has 0 bridgehead atoms. The maximum absolute atomic E-state index is 12.4. The number of hydrogen-bond acceptors (Lipinski definition) is 8. The molecule has 0 saturated carbocycles. The fraction of sp³-hybridized carbons (Fsp3) is 0.577. The van der Waals surface area contributed by atoms with Crippen molar-refractivity contribution in [2.75, 3.05) is 18.0 Å². The first-order valence-electron chi connectivity index (χ1n) is 12.5. The fourth-order valence-corrected chi connectivity index (χ4v) is 4.13. The third-order valence-electron chi connectivity index (χ3n) is 5.55. The summed E-state index contributed by atoms with van der Waals surface area (Å²) in [6, 6.07) is 5.05. The summed E-state index contributed by atoms with van der Waals surface area (Å²) < 4.78 is 10.5. The molecular weight excluding hydrogens is 476 g/mol. The van der Waals surface area contributed by atoms with E-state index in [2.05, 4.69) is 10.6 Å². The van der Waals surface area contributed by atoms with E-state index in [1.807, 2.05) is 25.1 Å². The van der Waals surface area contributed by atoms with E-state index in [4.69, 9.17) is 21.1 Å². The Morgan fingerprint density at radius 3 is 2.51 bits per heavy atom. The molecule has 0 aromatic heterocycles. The number of alkyl carbamates (subject to hydrolysis) is 2. The van der Waals surface area contributed by atoms with Gasteiger partial charge in [-0.05, 0) is 77.6 Å². The van der Waals surface area contributed by atoms with Crippen LogP contribution >= 0.6 is 0 Å². The molecular formula is C26H42N6O5. The van der Waals surface area contributed by atoms with Gasteiger partial charge in [0.15, 0.2) is 0 Å². The molecule has 1 aliphatic heterocycles. The van der Waals surface area contributed by atoms with E-state index in [1.54, 1.807) is 45.7 Å². The third-order valence-corrected chi connectivity index (χ3v) is 5.55. The maximum atomic E-state index is 12.4. The number of nitrogens with zero attached hydrogens (tertiary/aromatic N) is 2. The summed E-state index contributed by atoms with van der Waals surface area (Å²) in [6.45, 7) is 13.3. The van der Waals surface area contributed by atoms with Crippen molar-refractivity contribution in [3.63, 3.8) is 0 Å². The van der Waals surface area contributed by atoms with Crippen LogP contribution in [0.25, 0.3) is 5.70 Å². The predicted octanol–water partition coefficient (Wildman–Crippen LogP) is 3.36. The molecule has 0 fully saturated rings. The zero-order valence-corrected chi connectivity index (χ0v) is 23.0. The number of nitrogens with one attached hydrogen (secondary N) is 2. The average Bonchev–Trinajstić information content (AvgIpc) is 2.74. The van der Waals surface area contributed by atoms with Crippen LogP contribution < -0.4 is 27.1 Å². The van der Waals surface area contributed by atoms with Gasteiger partial charge in [-0.1, -0.05) is 6.07 Å². The first-order valence-corrected chi connectivity index (χ1v) is 12.5. The van der Waals surface area contributed by atoms with Gasteiger partial charge in [-0.15, -0.1) is 0 Å². The normalized spacial score (nSPS) is 17.6. The Bertz CT molecular complexity index is 1000. The number of anilines is 1. The number of nitrogens with two attached hydrogens (primary N) is 2. The van der Waals surface area contributed by atoms with Crippen molar-refractivity contribution in [1.82, 2.24) is 15.6 Å². The highest BCUT2D eigenvalue weighted by Gasteiger charge is 2.34. The van der Waals surface area contributed by atoms with E-state index in [9.17, 15) is 14.4 Å². The zero-order valence-electron chi connectivity index (χ0n) is 23.0.